The maximum Gasteiger partial charge on any atom is 0.238 e. The van der Waals surface area contributed by atoms with E-state index < -0.39 is 5.92 Å². The lowest BCUT2D eigenvalue weighted by molar-refractivity contribution is -0.115. The largest absolute Gasteiger partial charge is 0.326 e. The number of aliphatic imine (C=N–C) groups is 1. The van der Waals surface area contributed by atoms with Gasteiger partial charge in [-0.3, -0.25) is 9.79 Å². The molecule has 0 bridgehead atoms. The number of benzene rings is 3. The van der Waals surface area contributed by atoms with Gasteiger partial charge in [0.1, 0.15) is 11.7 Å². The first-order chi connectivity index (χ1) is 14.9. The minimum atomic E-state index is -0.624. The van der Waals surface area contributed by atoms with E-state index in [-0.39, 0.29) is 11.7 Å². The van der Waals surface area contributed by atoms with Crippen LogP contribution in [0.1, 0.15) is 28.2 Å². The summed E-state index contributed by atoms with van der Waals surface area (Å²) < 4.78 is 13.7. The number of hydrogen-bond donors (Lipinski definition) is 2. The highest BCUT2D eigenvalue weighted by atomic mass is 19.1. The van der Waals surface area contributed by atoms with Crippen LogP contribution in [-0.4, -0.2) is 30.6 Å². The minimum Gasteiger partial charge on any atom is -0.326 e. The Morgan fingerprint density at radius 3 is 2.35 bits per heavy atom. The molecule has 1 amide bonds. The zero-order valence-electron chi connectivity index (χ0n) is 17.6. The van der Waals surface area contributed by atoms with Crippen LogP contribution in [0.5, 0.6) is 0 Å². The van der Waals surface area contributed by atoms with Crippen molar-refractivity contribution in [3.63, 3.8) is 0 Å². The van der Waals surface area contributed by atoms with Crippen LogP contribution in [0, 0.1) is 5.82 Å². The number of nitrogens with one attached hydrogen (secondary N) is 1. The van der Waals surface area contributed by atoms with Crippen LogP contribution in [0.25, 0.3) is 0 Å². The molecule has 0 saturated heterocycles. The number of rotatable bonds is 6. The molecule has 3 aromatic carbocycles. The zero-order chi connectivity index (χ0) is 22.0. The van der Waals surface area contributed by atoms with E-state index in [1.807, 2.05) is 62.6 Å². The van der Waals surface area contributed by atoms with E-state index in [0.29, 0.717) is 17.9 Å². The van der Waals surface area contributed by atoms with Crippen LogP contribution in [0.15, 0.2) is 71.7 Å². The lowest BCUT2D eigenvalue weighted by Crippen LogP contribution is -2.22. The molecule has 0 radical (unpaired) electrons. The Labute approximate surface area is 181 Å². The molecular weight excluding hydrogens is 391 g/mol. The molecule has 158 valence electrons. The van der Waals surface area contributed by atoms with Crippen molar-refractivity contribution < 1.29 is 9.18 Å². The van der Waals surface area contributed by atoms with Crippen molar-refractivity contribution >= 4 is 23.0 Å². The summed E-state index contributed by atoms with van der Waals surface area (Å²) in [6.45, 7) is 1.27. The molecule has 3 aromatic rings. The van der Waals surface area contributed by atoms with Gasteiger partial charge in [-0.25, -0.2) is 4.39 Å². The zero-order valence-corrected chi connectivity index (χ0v) is 17.6. The van der Waals surface area contributed by atoms with E-state index in [9.17, 15) is 9.18 Å². The summed E-state index contributed by atoms with van der Waals surface area (Å²) in [5.74, 6) is -1.23. The number of nitrogens with two attached hydrogens (primary N) is 1. The number of amides is 1. The highest BCUT2D eigenvalue weighted by molar-refractivity contribution is 6.24. The third kappa shape index (κ3) is 4.55. The van der Waals surface area contributed by atoms with Crippen molar-refractivity contribution in [2.75, 3.05) is 19.4 Å². The second-order valence-electron chi connectivity index (χ2n) is 7.96. The molecule has 31 heavy (non-hydrogen) atoms. The summed E-state index contributed by atoms with van der Waals surface area (Å²) >= 11 is 0. The first-order valence-corrected chi connectivity index (χ1v) is 10.2. The Hall–Kier alpha value is -3.35. The number of hydrogen-bond acceptors (Lipinski definition) is 4. The molecule has 0 spiro atoms. The van der Waals surface area contributed by atoms with Gasteiger partial charge in [0.15, 0.2) is 0 Å². The Morgan fingerprint density at radius 2 is 1.71 bits per heavy atom. The highest BCUT2D eigenvalue weighted by Crippen LogP contribution is 2.36. The molecule has 6 heteroatoms. The van der Waals surface area contributed by atoms with Crippen molar-refractivity contribution in [3.05, 3.63) is 94.8 Å². The fraction of sp³-hybridized carbons (Fsp3) is 0.200. The smallest absolute Gasteiger partial charge is 0.238 e. The fourth-order valence-corrected chi connectivity index (χ4v) is 3.79. The minimum absolute atomic E-state index is 0.216. The average Bonchev–Trinajstić information content (AvgIpc) is 3.07. The average molecular weight is 417 g/mol. The second-order valence-corrected chi connectivity index (χ2v) is 7.96. The van der Waals surface area contributed by atoms with Gasteiger partial charge in [0.25, 0.3) is 0 Å². The van der Waals surface area contributed by atoms with Gasteiger partial charge in [-0.05, 0) is 60.6 Å². The Kier molecular flexibility index (Phi) is 5.93. The van der Waals surface area contributed by atoms with Crippen molar-refractivity contribution in [1.29, 1.82) is 0 Å². The molecule has 5 nitrogen and oxygen atoms in total. The topological polar surface area (TPSA) is 70.7 Å². The molecule has 4 rings (SSSR count). The normalized spacial score (nSPS) is 15.8. The van der Waals surface area contributed by atoms with Gasteiger partial charge in [0.05, 0.1) is 11.4 Å². The number of carbonyl (C=O) groups is 1. The maximum atomic E-state index is 13.7. The SMILES string of the molecule is CN(C)Cc1ccc(N=C(c2ccc(CN)cc2)C2C(=O)Nc3cc(F)ccc32)cc1. The third-order valence-corrected chi connectivity index (χ3v) is 5.29. The van der Waals surface area contributed by atoms with Crippen LogP contribution in [0.3, 0.4) is 0 Å². The fourth-order valence-electron chi connectivity index (χ4n) is 3.79. The third-order valence-electron chi connectivity index (χ3n) is 5.29. The Balaban J connectivity index is 1.79. The molecule has 0 saturated carbocycles. The summed E-state index contributed by atoms with van der Waals surface area (Å²) in [5.41, 5.74) is 11.3. The first kappa shape index (κ1) is 20.9. The number of halogens is 1. The van der Waals surface area contributed by atoms with E-state index in [2.05, 4.69) is 10.2 Å². The van der Waals surface area contributed by atoms with Crippen LogP contribution < -0.4 is 11.1 Å². The van der Waals surface area contributed by atoms with Crippen LogP contribution >= 0.6 is 0 Å². The van der Waals surface area contributed by atoms with Gasteiger partial charge in [-0.15, -0.1) is 0 Å². The van der Waals surface area contributed by atoms with Crippen molar-refractivity contribution in [3.8, 4) is 0 Å². The Morgan fingerprint density at radius 1 is 1.03 bits per heavy atom. The van der Waals surface area contributed by atoms with Gasteiger partial charge in [0, 0.05) is 18.8 Å². The molecule has 1 atom stereocenters. The maximum absolute atomic E-state index is 13.7. The summed E-state index contributed by atoms with van der Waals surface area (Å²) in [6, 6.07) is 20.1. The summed E-state index contributed by atoms with van der Waals surface area (Å²) in [4.78, 5) is 19.9. The molecular formula is C25H25FN4O. The predicted molar refractivity (Wildman–Crippen MR) is 122 cm³/mol. The van der Waals surface area contributed by atoms with Gasteiger partial charge < -0.3 is 16.0 Å². The summed E-state index contributed by atoms with van der Waals surface area (Å²) in [5, 5.41) is 2.79. The molecule has 1 aliphatic heterocycles. The summed E-state index contributed by atoms with van der Waals surface area (Å²) in [6.07, 6.45) is 0. The van der Waals surface area contributed by atoms with Crippen molar-refractivity contribution in [2.45, 2.75) is 19.0 Å². The summed E-state index contributed by atoms with van der Waals surface area (Å²) in [7, 11) is 4.04. The van der Waals surface area contributed by atoms with Gasteiger partial charge in [-0.2, -0.15) is 0 Å². The molecule has 1 unspecified atom stereocenters. The quantitative estimate of drug-likeness (QED) is 0.592. The first-order valence-electron chi connectivity index (χ1n) is 10.2. The van der Waals surface area contributed by atoms with Crippen molar-refractivity contribution in [2.24, 2.45) is 10.7 Å². The molecule has 1 aliphatic rings. The van der Waals surface area contributed by atoms with Crippen LogP contribution in [-0.2, 0) is 17.9 Å². The monoisotopic (exact) mass is 416 g/mol. The highest BCUT2D eigenvalue weighted by Gasteiger charge is 2.35. The lowest BCUT2D eigenvalue weighted by atomic mass is 9.90. The van der Waals surface area contributed by atoms with Crippen LogP contribution in [0.2, 0.25) is 0 Å². The lowest BCUT2D eigenvalue weighted by Gasteiger charge is -2.15. The van der Waals surface area contributed by atoms with E-state index in [4.69, 9.17) is 10.7 Å². The molecule has 0 fully saturated rings. The second kappa shape index (κ2) is 8.79. The molecule has 0 aromatic heterocycles. The van der Waals surface area contributed by atoms with Crippen molar-refractivity contribution in [1.82, 2.24) is 4.90 Å². The van der Waals surface area contributed by atoms with E-state index in [1.54, 1.807) is 6.07 Å². The number of nitrogens with zero attached hydrogens (tertiary/aromatic N) is 2. The van der Waals surface area contributed by atoms with E-state index in [1.165, 1.54) is 17.7 Å². The standard InChI is InChI=1S/C25H25FN4O/c1-30(2)15-17-5-10-20(11-6-17)28-24(18-7-3-16(14-27)4-8-18)23-21-12-9-19(26)13-22(21)29-25(23)31/h3-13,23H,14-15,27H2,1-2H3,(H,29,31). The molecule has 3 N–H and O–H groups in total. The van der Waals surface area contributed by atoms with Gasteiger partial charge in [0.2, 0.25) is 5.91 Å². The number of anilines is 1. The number of carbonyl (C=O) groups excluding carboxylic acids is 1. The van der Waals surface area contributed by atoms with Gasteiger partial charge >= 0.3 is 0 Å². The molecule has 1 heterocycles. The number of fused-ring (bicyclic) bond motifs is 1. The van der Waals surface area contributed by atoms with E-state index >= 15 is 0 Å². The predicted octanol–water partition coefficient (Wildman–Crippen LogP) is 4.20. The van der Waals surface area contributed by atoms with E-state index in [0.717, 1.165) is 28.9 Å². The van der Waals surface area contributed by atoms with Gasteiger partial charge in [-0.1, -0.05) is 42.5 Å². The van der Waals surface area contributed by atoms with Crippen LogP contribution in [0.4, 0.5) is 15.8 Å². The Bertz CT molecular complexity index is 1120. The molecule has 0 aliphatic carbocycles.